The number of aromatic nitrogens is 1. The highest BCUT2D eigenvalue weighted by atomic mass is 79.9. The number of nitrogens with two attached hydrogens (primary N) is 4. The van der Waals surface area contributed by atoms with Crippen molar-refractivity contribution in [2.45, 2.75) is 236 Å². The van der Waals surface area contributed by atoms with Crippen molar-refractivity contribution in [2.24, 2.45) is 40.7 Å². The first-order valence-corrected chi connectivity index (χ1v) is 42.4. The fourth-order valence-corrected chi connectivity index (χ4v) is 12.8. The summed E-state index contributed by atoms with van der Waals surface area (Å²) in [5.41, 5.74) is 21.6. The molecule has 0 saturated heterocycles. The number of hydrogen-bond donors (Lipinski definition) is 28. The number of carboxylic acids is 3. The van der Waals surface area contributed by atoms with Crippen LogP contribution in [-0.2, 0) is 114 Å². The number of amides is 18. The van der Waals surface area contributed by atoms with Crippen LogP contribution in [0.3, 0.4) is 0 Å². The number of nitrogens with one attached hydrogen (secondary N) is 19. The summed E-state index contributed by atoms with van der Waals surface area (Å²) in [5.74, 6) is -26.7. The normalized spacial score (nSPS) is 14.4. The molecule has 0 aliphatic carbocycles. The molecule has 0 fully saturated rings. The lowest BCUT2D eigenvalue weighted by Gasteiger charge is -2.31. The van der Waals surface area contributed by atoms with E-state index in [0.29, 0.717) is 26.5 Å². The third kappa shape index (κ3) is 40.8. The van der Waals surface area contributed by atoms with Crippen molar-refractivity contribution in [1.29, 1.82) is 5.41 Å². The van der Waals surface area contributed by atoms with Crippen LogP contribution in [0.2, 0.25) is 0 Å². The number of aliphatic hydroxyl groups excluding tert-OH is 2. The van der Waals surface area contributed by atoms with Gasteiger partial charge in [0.1, 0.15) is 78.0 Å². The van der Waals surface area contributed by atoms with E-state index in [2.05, 4.69) is 111 Å². The molecular formula is C81H122BrN23O26. The van der Waals surface area contributed by atoms with Crippen molar-refractivity contribution >= 4 is 157 Å². The topological polar surface area (TPSA) is 808 Å². The minimum Gasteiger partial charge on any atom is -0.481 e. The highest BCUT2D eigenvalue weighted by Crippen LogP contribution is 2.22. The van der Waals surface area contributed by atoms with Gasteiger partial charge in [0.15, 0.2) is 5.96 Å². The number of aliphatic carboxylic acids is 3. The molecule has 724 valence electrons. The lowest BCUT2D eigenvalue weighted by molar-refractivity contribution is -0.142. The molecule has 18 amide bonds. The first kappa shape index (κ1) is 112. The molecule has 0 saturated carbocycles. The Balaban J connectivity index is 1.77. The lowest BCUT2D eigenvalue weighted by atomic mass is 9.98. The van der Waals surface area contributed by atoms with Crippen LogP contribution < -0.4 is 113 Å². The van der Waals surface area contributed by atoms with Gasteiger partial charge >= 0.3 is 17.9 Å². The fraction of sp³-hybridized carbons (Fsp3) is 0.556. The summed E-state index contributed by atoms with van der Waals surface area (Å²) < 4.78 is 0.680. The van der Waals surface area contributed by atoms with E-state index in [1.54, 1.807) is 82.4 Å². The third-order valence-corrected chi connectivity index (χ3v) is 20.0. The van der Waals surface area contributed by atoms with Crippen LogP contribution in [-0.4, -0.2) is 284 Å². The number of carbonyl (C=O) groups is 21. The molecule has 49 nitrogen and oxygen atoms in total. The number of rotatable bonds is 58. The molecule has 1 aromatic heterocycles. The van der Waals surface area contributed by atoms with E-state index >= 15 is 0 Å². The molecule has 32 N–H and O–H groups in total. The number of aromatic amines is 1. The number of para-hydroxylation sites is 1. The van der Waals surface area contributed by atoms with Crippen LogP contribution in [0.5, 0.6) is 0 Å². The maximum Gasteiger partial charge on any atom is 0.305 e. The number of halogens is 1. The van der Waals surface area contributed by atoms with Gasteiger partial charge in [0.05, 0.1) is 51.2 Å². The second kappa shape index (κ2) is 54.7. The van der Waals surface area contributed by atoms with E-state index in [1.165, 1.54) is 41.5 Å². The number of benzene rings is 2. The van der Waals surface area contributed by atoms with Gasteiger partial charge in [-0.2, -0.15) is 0 Å². The quantitative estimate of drug-likeness (QED) is 0.0142. The Morgan fingerprint density at radius 1 is 0.450 bits per heavy atom. The van der Waals surface area contributed by atoms with Gasteiger partial charge in [-0.15, -0.1) is 0 Å². The highest BCUT2D eigenvalue weighted by molar-refractivity contribution is 9.10. The van der Waals surface area contributed by atoms with E-state index in [-0.39, 0.29) is 51.0 Å². The van der Waals surface area contributed by atoms with E-state index in [1.807, 2.05) is 0 Å². The van der Waals surface area contributed by atoms with Crippen molar-refractivity contribution in [3.63, 3.8) is 0 Å². The van der Waals surface area contributed by atoms with Gasteiger partial charge < -0.3 is 144 Å². The van der Waals surface area contributed by atoms with Crippen LogP contribution in [0.15, 0.2) is 59.2 Å². The molecule has 0 radical (unpaired) electrons. The smallest absolute Gasteiger partial charge is 0.305 e. The second-order valence-corrected chi connectivity index (χ2v) is 33.5. The maximum absolute atomic E-state index is 14.5. The molecule has 0 bridgehead atoms. The molecular weight excluding hydrogens is 1790 g/mol. The van der Waals surface area contributed by atoms with Gasteiger partial charge in [0, 0.05) is 53.8 Å². The summed E-state index contributed by atoms with van der Waals surface area (Å²) in [4.78, 5) is 285. The zero-order valence-electron chi connectivity index (χ0n) is 74.0. The number of H-pyrrole nitrogens is 1. The van der Waals surface area contributed by atoms with Crippen molar-refractivity contribution in [3.8, 4) is 0 Å². The number of fused-ring (bicyclic) bond motifs is 1. The van der Waals surface area contributed by atoms with Crippen molar-refractivity contribution in [3.05, 3.63) is 70.3 Å². The first-order chi connectivity index (χ1) is 61.2. The van der Waals surface area contributed by atoms with E-state index in [4.69, 9.17) is 28.3 Å². The molecule has 1 heterocycles. The van der Waals surface area contributed by atoms with Crippen LogP contribution >= 0.6 is 15.9 Å². The summed E-state index contributed by atoms with van der Waals surface area (Å²) >= 11 is 3.30. The largest absolute Gasteiger partial charge is 0.481 e. The third-order valence-electron chi connectivity index (χ3n) is 19.5. The average Bonchev–Trinajstić information content (AvgIpc) is 1.73. The van der Waals surface area contributed by atoms with Gasteiger partial charge in [0.25, 0.3) is 0 Å². The summed E-state index contributed by atoms with van der Waals surface area (Å²) in [5, 5.41) is 98.0. The summed E-state index contributed by atoms with van der Waals surface area (Å²) in [7, 11) is 0. The molecule has 2 aromatic carbocycles. The summed E-state index contributed by atoms with van der Waals surface area (Å²) in [6.07, 6.45) is -5.84. The Hall–Kier alpha value is -13.5. The molecule has 3 rings (SSSR count). The number of guanidine groups is 1. The zero-order valence-corrected chi connectivity index (χ0v) is 75.6. The van der Waals surface area contributed by atoms with Crippen molar-refractivity contribution < 1.29 is 126 Å². The number of carboxylic acid groups (broad SMARTS) is 3. The Bertz CT molecular complexity index is 4580. The van der Waals surface area contributed by atoms with Crippen LogP contribution in [0.4, 0.5) is 0 Å². The van der Waals surface area contributed by atoms with E-state index < -0.39 is 297 Å². The van der Waals surface area contributed by atoms with Gasteiger partial charge in [0.2, 0.25) is 106 Å². The van der Waals surface area contributed by atoms with Crippen molar-refractivity contribution in [1.82, 2.24) is 95.4 Å². The molecule has 0 unspecified atom stereocenters. The predicted octanol–water partition coefficient (Wildman–Crippen LogP) is -7.93. The van der Waals surface area contributed by atoms with E-state index in [9.17, 15) is 126 Å². The van der Waals surface area contributed by atoms with Gasteiger partial charge in [-0.3, -0.25) is 106 Å². The standard InChI is InChI=1S/C81H122BrN23O26/c1-37(2)26-50(71(123)99-54(30-57(84)108)68(120)92-34-59(110)90-33-58(109)91-35-60(111)93-56(36-106)75(127)98-52(28-42-17-19-44(82)20-18-42)72(124)94-47(66(85)118)16-13-25-88-80(86)87)97-73(125)55(31-63(116)117)100-69(121)48(21-23-61(112)113)95-77(129)64(39(5)6)103-74(126)51(27-38(3)4)96-70(122)49(22-24-62(114)115)102-79(131)81(9,10)105-76(128)53(29-43-32-89-46-15-12-11-14-45(43)46)101-78(130)65(41(8)107)104-67(119)40(7)83/h11-12,14-15,17-20,32,37-41,47-56,64-65,89,106-107H,13,16,21-31,33-36,83H2,1-10H3,(H2,84,108)(H2,85,118)(H,90,110)(H,91,109)(H,92,120)(H,93,111)(H,94,124)(H,95,129)(H,96,122)(H,97,125)(H,98,127)(H,99,123)(H,100,121)(H,101,130)(H,102,131)(H,103,126)(H,104,119)(H,105,128)(H,112,113)(H,114,115)(H,116,117)(H4,86,87,88)/t40-,41-,47+,48-,49-,50-,51-,52+,53-,54-,55-,56+,64-,65-/m1/s1. The SMILES string of the molecule is CC(C)C[C@@H](NC(=O)[C@@H](CC(=O)O)NC(=O)[C@@H](CCC(=O)O)NC(=O)[C@H](NC(=O)[C@@H](CC(C)C)NC(=O)[C@@H](CCC(=O)O)NC(=O)C(C)(C)NC(=O)[C@@H](Cc1c[nH]c2ccccc12)NC(=O)[C@H](NC(=O)[C@@H](C)N)[C@@H](C)O)C(C)C)C(=O)N[C@H](CC(N)=O)C(=O)NCC(=O)NCC(=O)NCC(=O)N[C@@H](CO)C(=O)N[C@@H](Cc1ccc(Br)cc1)C(=O)N[C@@H](CCCNC(=N)N)C(N)=O. The van der Waals surface area contributed by atoms with E-state index in [0.717, 1.165) is 0 Å². The van der Waals surface area contributed by atoms with Crippen LogP contribution in [0, 0.1) is 23.2 Å². The molecule has 131 heavy (non-hydrogen) atoms. The Morgan fingerprint density at radius 3 is 1.40 bits per heavy atom. The first-order valence-electron chi connectivity index (χ1n) is 41.6. The molecule has 3 aromatic rings. The Morgan fingerprint density at radius 2 is 0.893 bits per heavy atom. The molecule has 0 aliphatic heterocycles. The monoisotopic (exact) mass is 1910 g/mol. The van der Waals surface area contributed by atoms with Gasteiger partial charge in [-0.25, -0.2) is 0 Å². The number of aliphatic hydroxyl groups is 2. The fourth-order valence-electron chi connectivity index (χ4n) is 12.5. The Labute approximate surface area is 760 Å². The average molecular weight is 1910 g/mol. The number of primary amides is 2. The molecule has 0 aliphatic rings. The van der Waals surface area contributed by atoms with Gasteiger partial charge in [-0.05, 0) is 113 Å². The van der Waals surface area contributed by atoms with Gasteiger partial charge in [-0.1, -0.05) is 87.8 Å². The maximum atomic E-state index is 14.5. The molecule has 14 atom stereocenters. The van der Waals surface area contributed by atoms with Crippen LogP contribution in [0.25, 0.3) is 10.9 Å². The number of hydrogen-bond acceptors (Lipinski definition) is 25. The highest BCUT2D eigenvalue weighted by Gasteiger charge is 2.41. The van der Waals surface area contributed by atoms with Crippen LogP contribution in [0.1, 0.15) is 145 Å². The minimum atomic E-state index is -2.16. The molecule has 0 spiro atoms. The second-order valence-electron chi connectivity index (χ2n) is 32.6. The van der Waals surface area contributed by atoms with Crippen molar-refractivity contribution in [2.75, 3.05) is 32.8 Å². The summed E-state index contributed by atoms with van der Waals surface area (Å²) in [6.45, 7) is 10.7. The predicted molar refractivity (Wildman–Crippen MR) is 469 cm³/mol. The summed E-state index contributed by atoms with van der Waals surface area (Å²) in [6, 6.07) is -8.02. The minimum absolute atomic E-state index is 0.00255. The number of carbonyl (C=O) groups excluding carboxylic acids is 18. The lowest BCUT2D eigenvalue weighted by Crippen LogP contribution is -2.64. The molecule has 50 heteroatoms. The Kier molecular flexibility index (Phi) is 46.6. The zero-order chi connectivity index (χ0) is 99.0.